The largest absolute Gasteiger partial charge is 0.377 e. The van der Waals surface area contributed by atoms with Crippen LogP contribution in [0.3, 0.4) is 0 Å². The van der Waals surface area contributed by atoms with Crippen LogP contribution in [0.4, 0.5) is 5.82 Å². The molecule has 2 atom stereocenters. The predicted molar refractivity (Wildman–Crippen MR) is 132 cm³/mol. The monoisotopic (exact) mass is 479 g/mol. The fourth-order valence-electron chi connectivity index (χ4n) is 4.95. The molecule has 0 aromatic carbocycles. The lowest BCUT2D eigenvalue weighted by molar-refractivity contribution is -0.0385. The van der Waals surface area contributed by atoms with E-state index < -0.39 is 0 Å². The summed E-state index contributed by atoms with van der Waals surface area (Å²) in [6, 6.07) is 6.57. The highest BCUT2D eigenvalue weighted by Crippen LogP contribution is 2.40. The molecule has 2 fully saturated rings. The topological polar surface area (TPSA) is 83.1 Å². The summed E-state index contributed by atoms with van der Waals surface area (Å²) in [6.07, 6.45) is 4.97. The van der Waals surface area contributed by atoms with Crippen molar-refractivity contribution in [3.05, 3.63) is 30.1 Å². The zero-order valence-corrected chi connectivity index (χ0v) is 20.6. The van der Waals surface area contributed by atoms with Gasteiger partial charge in [0.1, 0.15) is 17.0 Å². The molecule has 0 amide bonds. The fourth-order valence-corrected chi connectivity index (χ4v) is 5.80. The number of aryl methyl sites for hydroxylation is 2. The number of anilines is 1. The number of rotatable bonds is 4. The van der Waals surface area contributed by atoms with E-state index >= 15 is 0 Å². The van der Waals surface area contributed by atoms with E-state index in [9.17, 15) is 0 Å². The molecule has 0 N–H and O–H groups in total. The van der Waals surface area contributed by atoms with Gasteiger partial charge in [0.05, 0.1) is 41.0 Å². The minimum Gasteiger partial charge on any atom is -0.377 e. The molecule has 2 aliphatic rings. The number of aromatic nitrogens is 6. The Morgan fingerprint density at radius 1 is 1.15 bits per heavy atom. The van der Waals surface area contributed by atoms with Gasteiger partial charge in [0.25, 0.3) is 0 Å². The molecule has 34 heavy (non-hydrogen) atoms. The Labute approximate surface area is 202 Å². The standard InChI is InChI=1S/C24H29N7O2S/c1-15-12-19(31(27-15)21-6-4-5-10-33-21)22-23-24(34-28-22)17(18-7-8-25-29(18)3)13-20(26-23)30-9-11-32-14-16(30)2/h7-8,12-13,16,21H,4-6,9-11,14H2,1-3H3/t16-,21?/m1/s1. The minimum atomic E-state index is -0.0619. The molecule has 6 heterocycles. The van der Waals surface area contributed by atoms with Crippen LogP contribution in [0.2, 0.25) is 0 Å². The van der Waals surface area contributed by atoms with Crippen molar-refractivity contribution in [3.8, 4) is 22.6 Å². The third-order valence-corrected chi connectivity index (χ3v) is 7.57. The number of fused-ring (bicyclic) bond motifs is 1. The molecule has 9 nitrogen and oxygen atoms in total. The van der Waals surface area contributed by atoms with Crippen LogP contribution in [0.1, 0.15) is 38.1 Å². The normalized spacial score (nSPS) is 21.4. The van der Waals surface area contributed by atoms with E-state index in [2.05, 4.69) is 29.1 Å². The van der Waals surface area contributed by atoms with Gasteiger partial charge >= 0.3 is 0 Å². The molecule has 2 aliphatic heterocycles. The van der Waals surface area contributed by atoms with Gasteiger partial charge in [-0.15, -0.1) is 0 Å². The van der Waals surface area contributed by atoms with E-state index in [4.69, 9.17) is 23.9 Å². The van der Waals surface area contributed by atoms with Crippen molar-refractivity contribution in [1.82, 2.24) is 28.9 Å². The summed E-state index contributed by atoms with van der Waals surface area (Å²) in [5, 5.41) is 9.21. The third kappa shape index (κ3) is 3.70. The number of ether oxygens (including phenoxy) is 2. The molecule has 0 aliphatic carbocycles. The van der Waals surface area contributed by atoms with Gasteiger partial charge in [0, 0.05) is 32.0 Å². The molecule has 4 aromatic heterocycles. The van der Waals surface area contributed by atoms with Crippen molar-refractivity contribution in [1.29, 1.82) is 0 Å². The summed E-state index contributed by atoms with van der Waals surface area (Å²) in [7, 11) is 1.97. The second-order valence-corrected chi connectivity index (χ2v) is 9.90. The van der Waals surface area contributed by atoms with Crippen molar-refractivity contribution in [2.45, 2.75) is 45.4 Å². The second-order valence-electron chi connectivity index (χ2n) is 9.13. The maximum atomic E-state index is 6.08. The van der Waals surface area contributed by atoms with E-state index in [1.807, 2.05) is 35.6 Å². The average Bonchev–Trinajstić information content (AvgIpc) is 3.57. The molecule has 0 spiro atoms. The number of hydrogen-bond donors (Lipinski definition) is 0. The van der Waals surface area contributed by atoms with E-state index in [1.165, 1.54) is 11.5 Å². The van der Waals surface area contributed by atoms with Gasteiger partial charge in [-0.1, -0.05) is 0 Å². The van der Waals surface area contributed by atoms with Crippen LogP contribution >= 0.6 is 11.5 Å². The van der Waals surface area contributed by atoms with E-state index in [1.54, 1.807) is 0 Å². The van der Waals surface area contributed by atoms with Crippen LogP contribution < -0.4 is 4.90 Å². The molecule has 0 saturated carbocycles. The van der Waals surface area contributed by atoms with Gasteiger partial charge in [-0.25, -0.2) is 9.67 Å². The highest BCUT2D eigenvalue weighted by atomic mass is 32.1. The van der Waals surface area contributed by atoms with Gasteiger partial charge in [0.15, 0.2) is 6.23 Å². The van der Waals surface area contributed by atoms with Crippen LogP contribution in [0.5, 0.6) is 0 Å². The van der Waals surface area contributed by atoms with Crippen LogP contribution in [0.15, 0.2) is 24.4 Å². The summed E-state index contributed by atoms with van der Waals surface area (Å²) >= 11 is 1.48. The van der Waals surface area contributed by atoms with Crippen molar-refractivity contribution in [2.75, 3.05) is 31.3 Å². The van der Waals surface area contributed by atoms with Gasteiger partial charge in [-0.2, -0.15) is 14.6 Å². The summed E-state index contributed by atoms with van der Waals surface area (Å²) < 4.78 is 21.7. The first-order chi connectivity index (χ1) is 16.6. The van der Waals surface area contributed by atoms with Crippen LogP contribution in [0.25, 0.3) is 32.9 Å². The molecular formula is C24H29N7O2S. The summed E-state index contributed by atoms with van der Waals surface area (Å²) in [5.74, 6) is 0.942. The Balaban J connectivity index is 1.55. The maximum absolute atomic E-state index is 6.08. The molecule has 1 unspecified atom stereocenters. The van der Waals surface area contributed by atoms with Gasteiger partial charge < -0.3 is 14.4 Å². The fraction of sp³-hybridized carbons (Fsp3) is 0.500. The minimum absolute atomic E-state index is 0.0619. The molecular weight excluding hydrogens is 450 g/mol. The molecule has 178 valence electrons. The Morgan fingerprint density at radius 3 is 2.82 bits per heavy atom. The number of hydrogen-bond acceptors (Lipinski definition) is 8. The van der Waals surface area contributed by atoms with Crippen molar-refractivity contribution in [3.63, 3.8) is 0 Å². The Hall–Kier alpha value is -2.82. The van der Waals surface area contributed by atoms with Gasteiger partial charge in [-0.05, 0) is 62.8 Å². The van der Waals surface area contributed by atoms with Crippen molar-refractivity contribution < 1.29 is 9.47 Å². The predicted octanol–water partition coefficient (Wildman–Crippen LogP) is 4.19. The van der Waals surface area contributed by atoms with Crippen LogP contribution in [-0.4, -0.2) is 61.3 Å². The van der Waals surface area contributed by atoms with E-state index in [-0.39, 0.29) is 12.3 Å². The highest BCUT2D eigenvalue weighted by Gasteiger charge is 2.27. The molecule has 10 heteroatoms. The number of pyridine rings is 1. The molecule has 6 rings (SSSR count). The quantitative estimate of drug-likeness (QED) is 0.434. The Morgan fingerprint density at radius 2 is 2.06 bits per heavy atom. The third-order valence-electron chi connectivity index (χ3n) is 6.70. The van der Waals surface area contributed by atoms with E-state index in [0.717, 1.165) is 76.8 Å². The molecule has 0 radical (unpaired) electrons. The van der Waals surface area contributed by atoms with Crippen molar-refractivity contribution >= 4 is 27.6 Å². The molecule has 4 aromatic rings. The van der Waals surface area contributed by atoms with Crippen LogP contribution in [-0.2, 0) is 16.5 Å². The van der Waals surface area contributed by atoms with Crippen LogP contribution in [0, 0.1) is 6.92 Å². The smallest absolute Gasteiger partial charge is 0.150 e. The lowest BCUT2D eigenvalue weighted by Gasteiger charge is -2.34. The number of morpholine rings is 1. The maximum Gasteiger partial charge on any atom is 0.150 e. The zero-order valence-electron chi connectivity index (χ0n) is 19.8. The lowest BCUT2D eigenvalue weighted by atomic mass is 10.1. The highest BCUT2D eigenvalue weighted by molar-refractivity contribution is 7.14. The lowest BCUT2D eigenvalue weighted by Crippen LogP contribution is -2.44. The summed E-state index contributed by atoms with van der Waals surface area (Å²) in [5.41, 5.74) is 5.82. The van der Waals surface area contributed by atoms with E-state index in [0.29, 0.717) is 13.2 Å². The average molecular weight is 480 g/mol. The number of nitrogens with zero attached hydrogens (tertiary/aromatic N) is 7. The van der Waals surface area contributed by atoms with Gasteiger partial charge in [0.2, 0.25) is 0 Å². The van der Waals surface area contributed by atoms with Crippen molar-refractivity contribution in [2.24, 2.45) is 7.05 Å². The second kappa shape index (κ2) is 8.75. The first-order valence-corrected chi connectivity index (χ1v) is 12.7. The molecule has 2 saturated heterocycles. The first kappa shape index (κ1) is 21.7. The first-order valence-electron chi connectivity index (χ1n) is 11.9. The summed E-state index contributed by atoms with van der Waals surface area (Å²) in [4.78, 5) is 7.52. The van der Waals surface area contributed by atoms with Gasteiger partial charge in [-0.3, -0.25) is 4.68 Å². The Kier molecular flexibility index (Phi) is 5.59. The SMILES string of the molecule is Cc1cc(-c2nsc3c(-c4ccnn4C)cc(N4CCOC[C@H]4C)nc23)n(C2CCCCO2)n1. The summed E-state index contributed by atoms with van der Waals surface area (Å²) in [6.45, 7) is 7.17. The molecule has 0 bridgehead atoms. The zero-order chi connectivity index (χ0) is 23.2. The Bertz CT molecular complexity index is 1320.